The Kier molecular flexibility index (Phi) is 3.60. The summed E-state index contributed by atoms with van der Waals surface area (Å²) in [6, 6.07) is 1.73. The van der Waals surface area contributed by atoms with Crippen molar-refractivity contribution in [3.05, 3.63) is 17.6 Å². The second kappa shape index (κ2) is 4.61. The van der Waals surface area contributed by atoms with Crippen molar-refractivity contribution in [2.75, 3.05) is 12.4 Å². The van der Waals surface area contributed by atoms with E-state index in [2.05, 4.69) is 10.6 Å². The summed E-state index contributed by atoms with van der Waals surface area (Å²) in [5.74, 6) is 0.660. The molecular formula is C12H18N2O3. The average molecular weight is 238 g/mol. The van der Waals surface area contributed by atoms with Gasteiger partial charge >= 0.3 is 0 Å². The van der Waals surface area contributed by atoms with Gasteiger partial charge in [-0.3, -0.25) is 9.59 Å². The van der Waals surface area contributed by atoms with Crippen LogP contribution in [0.15, 0.2) is 10.5 Å². The zero-order chi connectivity index (χ0) is 13.2. The van der Waals surface area contributed by atoms with Crippen LogP contribution in [0.3, 0.4) is 0 Å². The van der Waals surface area contributed by atoms with E-state index in [0.29, 0.717) is 11.4 Å². The molecule has 17 heavy (non-hydrogen) atoms. The van der Waals surface area contributed by atoms with Crippen molar-refractivity contribution in [3.63, 3.8) is 0 Å². The number of amides is 2. The van der Waals surface area contributed by atoms with Crippen molar-refractivity contribution in [2.24, 2.45) is 5.41 Å². The molecule has 5 heteroatoms. The molecule has 1 heterocycles. The summed E-state index contributed by atoms with van der Waals surface area (Å²) in [5.41, 5.74) is -0.517. The molecule has 1 rings (SSSR count). The number of hydrogen-bond acceptors (Lipinski definition) is 3. The van der Waals surface area contributed by atoms with Crippen LogP contribution in [-0.2, 0) is 9.59 Å². The Morgan fingerprint density at radius 3 is 2.24 bits per heavy atom. The van der Waals surface area contributed by atoms with Crippen LogP contribution < -0.4 is 10.6 Å². The lowest BCUT2D eigenvalue weighted by molar-refractivity contribution is -0.138. The largest absolute Gasteiger partial charge is 0.464 e. The number of carbonyl (C=O) groups is 2. The predicted octanol–water partition coefficient (Wildman–Crippen LogP) is 1.61. The van der Waals surface area contributed by atoms with E-state index >= 15 is 0 Å². The molecule has 0 bridgehead atoms. The fourth-order valence-electron chi connectivity index (χ4n) is 1.45. The summed E-state index contributed by atoms with van der Waals surface area (Å²) in [5, 5.41) is 5.16. The molecule has 2 amide bonds. The van der Waals surface area contributed by atoms with Crippen LogP contribution in [0.2, 0.25) is 0 Å². The van der Waals surface area contributed by atoms with Gasteiger partial charge in [-0.2, -0.15) is 0 Å². The monoisotopic (exact) mass is 238 g/mol. The van der Waals surface area contributed by atoms with E-state index in [1.165, 1.54) is 7.05 Å². The zero-order valence-electron chi connectivity index (χ0n) is 10.8. The molecule has 0 aromatic carbocycles. The van der Waals surface area contributed by atoms with E-state index in [-0.39, 0.29) is 11.8 Å². The fraction of sp³-hybridized carbons (Fsp3) is 0.500. The first kappa shape index (κ1) is 13.3. The average Bonchev–Trinajstić information content (AvgIpc) is 2.56. The summed E-state index contributed by atoms with van der Waals surface area (Å²) in [6.07, 6.45) is 0. The molecular weight excluding hydrogens is 220 g/mol. The van der Waals surface area contributed by atoms with Gasteiger partial charge < -0.3 is 15.1 Å². The second-order valence-electron chi connectivity index (χ2n) is 4.49. The number of carbonyl (C=O) groups excluding carboxylic acids is 2. The van der Waals surface area contributed by atoms with E-state index in [9.17, 15) is 9.59 Å². The highest BCUT2D eigenvalue weighted by Crippen LogP contribution is 2.23. The molecule has 0 saturated heterocycles. The van der Waals surface area contributed by atoms with E-state index in [1.807, 2.05) is 0 Å². The molecule has 1 aromatic heterocycles. The Bertz CT molecular complexity index is 447. The minimum atomic E-state index is -1.12. The van der Waals surface area contributed by atoms with Gasteiger partial charge in [-0.1, -0.05) is 0 Å². The molecule has 0 radical (unpaired) electrons. The van der Waals surface area contributed by atoms with Crippen molar-refractivity contribution in [1.29, 1.82) is 0 Å². The third-order valence-electron chi connectivity index (χ3n) is 2.65. The molecule has 5 nitrogen and oxygen atoms in total. The first-order valence-electron chi connectivity index (χ1n) is 5.39. The zero-order valence-corrected chi connectivity index (χ0v) is 10.8. The molecule has 0 unspecified atom stereocenters. The molecule has 94 valence electrons. The van der Waals surface area contributed by atoms with Crippen molar-refractivity contribution in [2.45, 2.75) is 27.7 Å². The van der Waals surface area contributed by atoms with Gasteiger partial charge in [0.05, 0.1) is 5.69 Å². The van der Waals surface area contributed by atoms with Crippen LogP contribution in [0, 0.1) is 19.3 Å². The molecule has 0 aliphatic rings. The molecule has 1 aromatic rings. The number of hydrogen-bond donors (Lipinski definition) is 2. The van der Waals surface area contributed by atoms with Gasteiger partial charge in [0.1, 0.15) is 16.9 Å². The molecule has 0 saturated carbocycles. The highest BCUT2D eigenvalue weighted by Gasteiger charge is 2.35. The molecule has 0 spiro atoms. The van der Waals surface area contributed by atoms with Crippen molar-refractivity contribution in [1.82, 2.24) is 5.32 Å². The SMILES string of the molecule is CNC(=O)C(C)(C)C(=O)Nc1cc(C)oc1C. The van der Waals surface area contributed by atoms with E-state index in [4.69, 9.17) is 4.42 Å². The summed E-state index contributed by atoms with van der Waals surface area (Å²) in [6.45, 7) is 6.70. The quantitative estimate of drug-likeness (QED) is 0.786. The van der Waals surface area contributed by atoms with Gasteiger partial charge in [0.2, 0.25) is 11.8 Å². The summed E-state index contributed by atoms with van der Waals surface area (Å²) >= 11 is 0. The van der Waals surface area contributed by atoms with E-state index in [1.54, 1.807) is 33.8 Å². The lowest BCUT2D eigenvalue weighted by atomic mass is 9.91. The van der Waals surface area contributed by atoms with Crippen LogP contribution in [0.4, 0.5) is 5.69 Å². The Balaban J connectivity index is 2.86. The number of aryl methyl sites for hydroxylation is 2. The molecule has 0 aliphatic carbocycles. The van der Waals surface area contributed by atoms with Crippen LogP contribution in [0.5, 0.6) is 0 Å². The van der Waals surface area contributed by atoms with Gasteiger partial charge in [-0.05, 0) is 27.7 Å². The number of rotatable bonds is 3. The maximum Gasteiger partial charge on any atom is 0.239 e. The second-order valence-corrected chi connectivity index (χ2v) is 4.49. The van der Waals surface area contributed by atoms with Crippen LogP contribution in [0.1, 0.15) is 25.4 Å². The third kappa shape index (κ3) is 2.67. The normalized spacial score (nSPS) is 11.1. The lowest BCUT2D eigenvalue weighted by Gasteiger charge is -2.21. The first-order valence-corrected chi connectivity index (χ1v) is 5.39. The smallest absolute Gasteiger partial charge is 0.239 e. The summed E-state index contributed by atoms with van der Waals surface area (Å²) in [4.78, 5) is 23.5. The highest BCUT2D eigenvalue weighted by molar-refractivity contribution is 6.09. The van der Waals surface area contributed by atoms with Crippen molar-refractivity contribution < 1.29 is 14.0 Å². The minimum absolute atomic E-state index is 0.326. The first-order chi connectivity index (χ1) is 7.78. The predicted molar refractivity (Wildman–Crippen MR) is 64.7 cm³/mol. The van der Waals surface area contributed by atoms with Crippen LogP contribution >= 0.6 is 0 Å². The van der Waals surface area contributed by atoms with E-state index in [0.717, 1.165) is 5.76 Å². The Labute approximate surface area is 101 Å². The number of furan rings is 1. The molecule has 2 N–H and O–H groups in total. The fourth-order valence-corrected chi connectivity index (χ4v) is 1.45. The highest BCUT2D eigenvalue weighted by atomic mass is 16.3. The molecule has 0 fully saturated rings. The molecule has 0 atom stereocenters. The van der Waals surface area contributed by atoms with Gasteiger partial charge in [0.15, 0.2) is 0 Å². The van der Waals surface area contributed by atoms with E-state index < -0.39 is 5.41 Å². The van der Waals surface area contributed by atoms with Gasteiger partial charge in [-0.25, -0.2) is 0 Å². The molecule has 0 aliphatic heterocycles. The maximum atomic E-state index is 12.0. The third-order valence-corrected chi connectivity index (χ3v) is 2.65. The van der Waals surface area contributed by atoms with Gasteiger partial charge in [-0.15, -0.1) is 0 Å². The summed E-state index contributed by atoms with van der Waals surface area (Å²) in [7, 11) is 1.50. The topological polar surface area (TPSA) is 71.3 Å². The van der Waals surface area contributed by atoms with Crippen molar-refractivity contribution in [3.8, 4) is 0 Å². The number of nitrogens with one attached hydrogen (secondary N) is 2. The Morgan fingerprint density at radius 1 is 1.24 bits per heavy atom. The van der Waals surface area contributed by atoms with Crippen molar-refractivity contribution >= 4 is 17.5 Å². The van der Waals surface area contributed by atoms with Crippen LogP contribution in [-0.4, -0.2) is 18.9 Å². The lowest BCUT2D eigenvalue weighted by Crippen LogP contribution is -2.43. The Hall–Kier alpha value is -1.78. The minimum Gasteiger partial charge on any atom is -0.464 e. The standard InChI is InChI=1S/C12H18N2O3/c1-7-6-9(8(2)17-7)14-11(16)12(3,4)10(15)13-5/h6H,1-5H3,(H,13,15)(H,14,16). The van der Waals surface area contributed by atoms with Crippen LogP contribution in [0.25, 0.3) is 0 Å². The summed E-state index contributed by atoms with van der Waals surface area (Å²) < 4.78 is 5.30. The Morgan fingerprint density at radius 2 is 1.82 bits per heavy atom. The van der Waals surface area contributed by atoms with Gasteiger partial charge in [0.25, 0.3) is 0 Å². The number of anilines is 1. The van der Waals surface area contributed by atoms with Gasteiger partial charge in [0, 0.05) is 13.1 Å². The maximum absolute atomic E-state index is 12.0.